The molecule has 0 amide bonds. The lowest BCUT2D eigenvalue weighted by Crippen LogP contribution is -2.44. The molecule has 1 aliphatic rings. The third-order valence-corrected chi connectivity index (χ3v) is 5.61. The first-order valence-electron chi connectivity index (χ1n) is 10.4. The van der Waals surface area contributed by atoms with Gasteiger partial charge >= 0.3 is 7.82 Å². The van der Waals surface area contributed by atoms with E-state index < -0.39 is 44.8 Å². The van der Waals surface area contributed by atoms with E-state index in [9.17, 15) is 14.8 Å². The van der Waals surface area contributed by atoms with Crippen LogP contribution in [-0.4, -0.2) is 71.2 Å². The molecule has 1 fully saturated rings. The molecule has 0 saturated carbocycles. The van der Waals surface area contributed by atoms with Gasteiger partial charge in [0, 0.05) is 11.8 Å². The van der Waals surface area contributed by atoms with Crippen molar-refractivity contribution in [3.05, 3.63) is 18.1 Å². The van der Waals surface area contributed by atoms with Gasteiger partial charge in [0.15, 0.2) is 12.5 Å². The van der Waals surface area contributed by atoms with Gasteiger partial charge in [-0.25, -0.2) is 14.5 Å². The number of aliphatic hydroxyl groups excluding tert-OH is 1. The summed E-state index contributed by atoms with van der Waals surface area (Å²) in [5.41, 5.74) is 5.06. The van der Waals surface area contributed by atoms with Crippen molar-refractivity contribution in [3.8, 4) is 0 Å². The number of aliphatic hydroxyl groups is 2. The largest absolute Gasteiger partial charge is 0.469 e. The van der Waals surface area contributed by atoms with Crippen LogP contribution in [0.4, 0.5) is 5.82 Å². The van der Waals surface area contributed by atoms with Gasteiger partial charge in [0.2, 0.25) is 0 Å². The number of hydrogen-bond donors (Lipinski definition) is 5. The number of nitrogens with two attached hydrogens (primary N) is 1. The Balaban J connectivity index is 2.08. The Morgan fingerprint density at radius 2 is 1.85 bits per heavy atom. The molecule has 3 rings (SSSR count). The monoisotopic (exact) mass is 490 g/mol. The van der Waals surface area contributed by atoms with Crippen molar-refractivity contribution >= 4 is 24.7 Å². The Kier molecular flexibility index (Phi) is 7.49. The normalized spacial score (nSPS) is 26.4. The van der Waals surface area contributed by atoms with Crippen molar-refractivity contribution in [1.29, 1.82) is 0 Å². The lowest BCUT2D eigenvalue weighted by atomic mass is 9.96. The van der Waals surface area contributed by atoms with Gasteiger partial charge in [0.25, 0.3) is 0 Å². The van der Waals surface area contributed by atoms with Gasteiger partial charge in [-0.2, -0.15) is 0 Å². The van der Waals surface area contributed by atoms with Crippen molar-refractivity contribution in [2.24, 2.45) is 0 Å². The molecule has 2 aromatic rings. The van der Waals surface area contributed by atoms with E-state index in [-0.39, 0.29) is 23.7 Å². The highest BCUT2D eigenvalue weighted by Gasteiger charge is 2.54. The quantitative estimate of drug-likeness (QED) is 0.248. The Labute approximate surface area is 190 Å². The first-order chi connectivity index (χ1) is 15.2. The summed E-state index contributed by atoms with van der Waals surface area (Å²) in [6, 6.07) is 0. The molecule has 4 atom stereocenters. The van der Waals surface area contributed by atoms with Gasteiger partial charge in [0.05, 0.1) is 24.2 Å². The van der Waals surface area contributed by atoms with E-state index in [2.05, 4.69) is 14.5 Å². The van der Waals surface area contributed by atoms with Gasteiger partial charge in [-0.15, -0.1) is 0 Å². The van der Waals surface area contributed by atoms with Crippen molar-refractivity contribution < 1.29 is 43.3 Å². The zero-order valence-electron chi connectivity index (χ0n) is 19.0. The minimum absolute atomic E-state index is 0.151. The van der Waals surface area contributed by atoms with Crippen LogP contribution in [0, 0.1) is 0 Å². The summed E-state index contributed by atoms with van der Waals surface area (Å²) < 4.78 is 34.7. The Morgan fingerprint density at radius 3 is 2.39 bits per heavy atom. The minimum atomic E-state index is -4.81. The second-order valence-corrected chi connectivity index (χ2v) is 9.87. The molecule has 14 heteroatoms. The van der Waals surface area contributed by atoms with Crippen LogP contribution in [0.3, 0.4) is 0 Å². The van der Waals surface area contributed by atoms with Crippen molar-refractivity contribution in [2.45, 2.75) is 77.2 Å². The zero-order chi connectivity index (χ0) is 24.7. The van der Waals surface area contributed by atoms with Gasteiger partial charge in [0.1, 0.15) is 35.6 Å². The topological polar surface area (TPSA) is 192 Å². The first kappa shape index (κ1) is 25.9. The fourth-order valence-corrected chi connectivity index (χ4v) is 4.06. The number of nitrogens with zero attached hydrogens (tertiary/aromatic N) is 3. The van der Waals surface area contributed by atoms with Gasteiger partial charge in [-0.05, 0) is 34.6 Å². The van der Waals surface area contributed by atoms with Gasteiger partial charge in [-0.1, -0.05) is 0 Å². The molecule has 1 saturated heterocycles. The average Bonchev–Trinajstić information content (AvgIpc) is 3.15. The van der Waals surface area contributed by atoms with E-state index in [4.69, 9.17) is 29.7 Å². The molecule has 3 heterocycles. The highest BCUT2D eigenvalue weighted by Crippen LogP contribution is 2.44. The number of rotatable bonds is 9. The molecule has 13 nitrogen and oxygen atoms in total. The van der Waals surface area contributed by atoms with E-state index in [0.29, 0.717) is 10.9 Å². The van der Waals surface area contributed by atoms with E-state index in [1.165, 1.54) is 17.8 Å². The number of phosphoric acid groups is 1. The van der Waals surface area contributed by atoms with Crippen LogP contribution in [0.2, 0.25) is 0 Å². The van der Waals surface area contributed by atoms with E-state index >= 15 is 0 Å². The molecular weight excluding hydrogens is 459 g/mol. The smallest absolute Gasteiger partial charge is 0.387 e. The molecule has 0 unspecified atom stereocenters. The lowest BCUT2D eigenvalue weighted by Gasteiger charge is -2.27. The molecule has 0 aliphatic carbocycles. The number of anilines is 1. The number of phosphoric ester groups is 1. The summed E-state index contributed by atoms with van der Waals surface area (Å²) >= 11 is 0. The predicted octanol–water partition coefficient (Wildman–Crippen LogP) is 0.981. The summed E-state index contributed by atoms with van der Waals surface area (Å²) in [6.45, 7) is 8.09. The van der Waals surface area contributed by atoms with E-state index in [0.717, 1.165) is 0 Å². The predicted molar refractivity (Wildman–Crippen MR) is 116 cm³/mol. The molecule has 0 radical (unpaired) electrons. The van der Waals surface area contributed by atoms with Crippen LogP contribution in [0.5, 0.6) is 0 Å². The molecule has 2 aromatic heterocycles. The first-order valence-corrected chi connectivity index (χ1v) is 11.9. The number of ether oxygens (including phenoxy) is 3. The summed E-state index contributed by atoms with van der Waals surface area (Å²) in [5, 5.41) is 22.1. The molecule has 1 aliphatic heterocycles. The number of aromatic nitrogens is 3. The van der Waals surface area contributed by atoms with Crippen molar-refractivity contribution in [3.63, 3.8) is 0 Å². The van der Waals surface area contributed by atoms with Crippen LogP contribution >= 0.6 is 7.82 Å². The maximum atomic E-state index is 11.1. The summed E-state index contributed by atoms with van der Waals surface area (Å²) in [7, 11) is -4.81. The van der Waals surface area contributed by atoms with Gasteiger partial charge in [-0.3, -0.25) is 4.52 Å². The molecule has 6 N–H and O–H groups in total. The second kappa shape index (κ2) is 9.53. The maximum Gasteiger partial charge on any atom is 0.469 e. The third kappa shape index (κ3) is 5.53. The molecule has 0 bridgehead atoms. The number of nitrogen functional groups attached to an aromatic ring is 1. The molecular formula is C19H31N4O9P. The summed E-state index contributed by atoms with van der Waals surface area (Å²) in [5.74, 6) is 0.151. The second-order valence-electron chi connectivity index (χ2n) is 8.63. The molecule has 0 spiro atoms. The summed E-state index contributed by atoms with van der Waals surface area (Å²) in [6.07, 6.45) is -2.36. The number of hydrogen-bond acceptors (Lipinski definition) is 10. The maximum absolute atomic E-state index is 11.1. The van der Waals surface area contributed by atoms with Crippen LogP contribution in [0.25, 0.3) is 11.0 Å². The zero-order valence-corrected chi connectivity index (χ0v) is 19.9. The molecule has 186 valence electrons. The highest BCUT2D eigenvalue weighted by molar-refractivity contribution is 7.46. The van der Waals surface area contributed by atoms with Crippen LogP contribution in [0.1, 0.15) is 52.7 Å². The fraction of sp³-hybridized carbons (Fsp3) is 0.684. The minimum Gasteiger partial charge on any atom is -0.387 e. The highest BCUT2D eigenvalue weighted by atomic mass is 31.2. The average molecular weight is 490 g/mol. The number of fused-ring (bicyclic) bond motifs is 1. The van der Waals surface area contributed by atoms with Crippen molar-refractivity contribution in [1.82, 2.24) is 14.5 Å². The SMILES string of the molecule is CC(C)OC(OC(C)C)c1cn([C@@H]2O[C@H](COP(=O)(O)O)[C@@H](O)[C@@]2(C)O)c2ncnc(N)c12. The van der Waals surface area contributed by atoms with E-state index in [1.807, 2.05) is 27.7 Å². The lowest BCUT2D eigenvalue weighted by molar-refractivity contribution is -0.185. The van der Waals surface area contributed by atoms with Crippen LogP contribution in [-0.2, 0) is 23.3 Å². The van der Waals surface area contributed by atoms with Crippen molar-refractivity contribution in [2.75, 3.05) is 12.3 Å². The Hall–Kier alpha value is -1.67. The fourth-order valence-electron chi connectivity index (χ4n) is 3.72. The van der Waals surface area contributed by atoms with Crippen LogP contribution < -0.4 is 5.73 Å². The Bertz CT molecular complexity index is 1010. The van der Waals surface area contributed by atoms with Gasteiger partial charge < -0.3 is 44.5 Å². The third-order valence-electron chi connectivity index (χ3n) is 5.13. The van der Waals surface area contributed by atoms with E-state index in [1.54, 1.807) is 6.20 Å². The summed E-state index contributed by atoms with van der Waals surface area (Å²) in [4.78, 5) is 26.3. The molecule has 0 aromatic carbocycles. The standard InChI is InChI=1S/C19H31N4O9P/c1-9(2)30-17(31-10(3)4)11-6-23(16-13(11)15(20)21-8-22-16)18-19(5,25)14(24)12(32-18)7-29-33(26,27)28/h6,8-10,12,14,17-18,24-25H,7H2,1-5H3,(H2,20,21,22)(H2,26,27,28)/t12-,14-,18-,19-/m1/s1. The molecule has 33 heavy (non-hydrogen) atoms. The Morgan fingerprint density at radius 1 is 1.24 bits per heavy atom. The van der Waals surface area contributed by atoms with Crippen LogP contribution in [0.15, 0.2) is 12.5 Å².